The van der Waals surface area contributed by atoms with Gasteiger partial charge in [-0.15, -0.1) is 0 Å². The van der Waals surface area contributed by atoms with Gasteiger partial charge in [0.2, 0.25) is 15.8 Å². The maximum atomic E-state index is 13.4. The van der Waals surface area contributed by atoms with Crippen LogP contribution in [0, 0.1) is 12.7 Å². The van der Waals surface area contributed by atoms with Crippen LogP contribution in [0.25, 0.3) is 22.6 Å². The van der Waals surface area contributed by atoms with Gasteiger partial charge >= 0.3 is 5.22 Å². The van der Waals surface area contributed by atoms with E-state index >= 15 is 0 Å². The van der Waals surface area contributed by atoms with Crippen LogP contribution in [0.2, 0.25) is 0 Å². The molecule has 0 aliphatic carbocycles. The first kappa shape index (κ1) is 25.7. The van der Waals surface area contributed by atoms with Crippen molar-refractivity contribution >= 4 is 33.1 Å². The van der Waals surface area contributed by atoms with Gasteiger partial charge in [-0.05, 0) is 67.1 Å². The Morgan fingerprint density at radius 3 is 2.49 bits per heavy atom. The number of aryl methyl sites for hydroxylation is 1. The molecule has 0 bridgehead atoms. The summed E-state index contributed by atoms with van der Waals surface area (Å²) in [6.07, 6.45) is 5.92. The van der Waals surface area contributed by atoms with Crippen LogP contribution in [0.1, 0.15) is 16.1 Å². The van der Waals surface area contributed by atoms with E-state index in [1.165, 1.54) is 24.3 Å². The van der Waals surface area contributed by atoms with Crippen LogP contribution in [0.3, 0.4) is 0 Å². The molecule has 1 amide bonds. The highest BCUT2D eigenvalue weighted by atomic mass is 32.2. The molecule has 0 aliphatic heterocycles. The normalized spacial score (nSPS) is 11.3. The Morgan fingerprint density at radius 2 is 1.77 bits per heavy atom. The highest BCUT2D eigenvalue weighted by Crippen LogP contribution is 2.29. The van der Waals surface area contributed by atoms with Gasteiger partial charge in [0, 0.05) is 47.3 Å². The topological polar surface area (TPSA) is 140 Å². The van der Waals surface area contributed by atoms with Crippen LogP contribution >= 0.6 is 0 Å². The van der Waals surface area contributed by atoms with Crippen LogP contribution in [-0.4, -0.2) is 40.5 Å². The minimum atomic E-state index is -3.86. The molecule has 196 valence electrons. The van der Waals surface area contributed by atoms with Crippen LogP contribution in [0.4, 0.5) is 21.7 Å². The minimum Gasteiger partial charge on any atom is -0.427 e. The molecule has 10 nitrogen and oxygen atoms in total. The number of nitrogens with zero attached hydrogens (tertiary/aromatic N) is 4. The van der Waals surface area contributed by atoms with Gasteiger partial charge < -0.3 is 15.1 Å². The molecule has 5 rings (SSSR count). The first-order chi connectivity index (χ1) is 18.7. The van der Waals surface area contributed by atoms with Crippen molar-refractivity contribution in [2.45, 2.75) is 12.1 Å². The lowest BCUT2D eigenvalue weighted by molar-refractivity contribution is 0.102. The predicted octanol–water partition coefficient (Wildman–Crippen LogP) is 5.04. The zero-order chi connectivity index (χ0) is 27.6. The SMILES string of the molecule is Cc1ccc(NC(=O)c2nc(S(C)(=O)=O)oc2-c2ccc(F)cc2)cc1Nc1nccc(-c2cccnc2)n1. The average Bonchev–Trinajstić information content (AvgIpc) is 3.38. The monoisotopic (exact) mass is 544 g/mol. The maximum Gasteiger partial charge on any atom is 0.315 e. The summed E-state index contributed by atoms with van der Waals surface area (Å²) >= 11 is 0. The Kier molecular flexibility index (Phi) is 6.86. The summed E-state index contributed by atoms with van der Waals surface area (Å²) < 4.78 is 43.0. The number of anilines is 3. The lowest BCUT2D eigenvalue weighted by Gasteiger charge is -2.12. The number of aromatic nitrogens is 4. The number of hydrogen-bond acceptors (Lipinski definition) is 9. The number of sulfone groups is 1. The Labute approximate surface area is 222 Å². The van der Waals surface area contributed by atoms with Gasteiger partial charge in [0.25, 0.3) is 5.91 Å². The van der Waals surface area contributed by atoms with Crippen molar-refractivity contribution in [2.75, 3.05) is 16.9 Å². The van der Waals surface area contributed by atoms with Crippen molar-refractivity contribution in [3.63, 3.8) is 0 Å². The number of benzene rings is 2. The minimum absolute atomic E-state index is 0.0981. The number of nitrogens with one attached hydrogen (secondary N) is 2. The molecule has 0 spiro atoms. The summed E-state index contributed by atoms with van der Waals surface area (Å²) in [7, 11) is -3.86. The lowest BCUT2D eigenvalue weighted by atomic mass is 10.1. The third-order valence-electron chi connectivity index (χ3n) is 5.60. The summed E-state index contributed by atoms with van der Waals surface area (Å²) in [5.74, 6) is -0.963. The number of hydrogen-bond donors (Lipinski definition) is 2. The molecule has 3 aromatic heterocycles. The molecule has 0 saturated heterocycles. The van der Waals surface area contributed by atoms with Crippen molar-refractivity contribution in [1.29, 1.82) is 0 Å². The Hall–Kier alpha value is -4.97. The molecular weight excluding hydrogens is 523 g/mol. The molecule has 0 radical (unpaired) electrons. The number of amides is 1. The molecular formula is C27H21FN6O4S. The van der Waals surface area contributed by atoms with Crippen molar-refractivity contribution in [3.05, 3.63) is 96.3 Å². The number of carbonyl (C=O) groups is 1. The van der Waals surface area contributed by atoms with Crippen molar-refractivity contribution in [2.24, 2.45) is 0 Å². The summed E-state index contributed by atoms with van der Waals surface area (Å²) in [5, 5.41) is 5.25. The van der Waals surface area contributed by atoms with Gasteiger partial charge in [-0.3, -0.25) is 9.78 Å². The van der Waals surface area contributed by atoms with E-state index in [4.69, 9.17) is 4.42 Å². The van der Waals surface area contributed by atoms with Crippen LogP contribution < -0.4 is 10.6 Å². The molecule has 39 heavy (non-hydrogen) atoms. The molecule has 2 aromatic carbocycles. The second kappa shape index (κ2) is 10.4. The van der Waals surface area contributed by atoms with Crippen molar-refractivity contribution < 1.29 is 22.0 Å². The maximum absolute atomic E-state index is 13.4. The predicted molar refractivity (Wildman–Crippen MR) is 143 cm³/mol. The highest BCUT2D eigenvalue weighted by Gasteiger charge is 2.26. The van der Waals surface area contributed by atoms with E-state index in [-0.39, 0.29) is 11.5 Å². The summed E-state index contributed by atoms with van der Waals surface area (Å²) in [6, 6.07) is 15.7. The fraction of sp³-hybridized carbons (Fsp3) is 0.0741. The molecule has 2 N–H and O–H groups in total. The Balaban J connectivity index is 1.42. The molecule has 0 aliphatic rings. The number of carbonyl (C=O) groups excluding carboxylic acids is 1. The van der Waals surface area contributed by atoms with Gasteiger partial charge in [-0.1, -0.05) is 6.07 Å². The highest BCUT2D eigenvalue weighted by molar-refractivity contribution is 7.90. The molecule has 0 atom stereocenters. The van der Waals surface area contributed by atoms with Gasteiger partial charge in [0.1, 0.15) is 5.82 Å². The van der Waals surface area contributed by atoms with E-state index in [2.05, 4.69) is 30.6 Å². The lowest BCUT2D eigenvalue weighted by Crippen LogP contribution is -2.14. The molecule has 5 aromatic rings. The third kappa shape index (κ3) is 5.80. The Morgan fingerprint density at radius 1 is 0.974 bits per heavy atom. The molecule has 0 fully saturated rings. The van der Waals surface area contributed by atoms with E-state index in [1.807, 2.05) is 19.1 Å². The second-order valence-corrected chi connectivity index (χ2v) is 10.4. The van der Waals surface area contributed by atoms with Gasteiger partial charge in [-0.2, -0.15) is 4.98 Å². The zero-order valence-corrected chi connectivity index (χ0v) is 21.5. The molecule has 3 heterocycles. The van der Waals surface area contributed by atoms with Crippen LogP contribution in [0.5, 0.6) is 0 Å². The summed E-state index contributed by atoms with van der Waals surface area (Å²) in [6.45, 7) is 1.88. The second-order valence-electron chi connectivity index (χ2n) is 8.55. The number of oxazole rings is 1. The fourth-order valence-electron chi connectivity index (χ4n) is 3.65. The van der Waals surface area contributed by atoms with Crippen LogP contribution in [-0.2, 0) is 9.84 Å². The first-order valence-electron chi connectivity index (χ1n) is 11.6. The smallest absolute Gasteiger partial charge is 0.315 e. The van der Waals surface area contributed by atoms with Gasteiger partial charge in [0.05, 0.1) is 5.69 Å². The standard InChI is InChI=1S/C27H21FN6O4S/c1-16-5-10-20(14-22(16)33-26-30-13-11-21(32-26)18-4-3-12-29-15-18)31-25(35)23-24(17-6-8-19(28)9-7-17)38-27(34-23)39(2,36)37/h3-15H,1-2H3,(H,31,35)(H,30,32,33). The van der Waals surface area contributed by atoms with Gasteiger partial charge in [0.15, 0.2) is 11.5 Å². The number of rotatable bonds is 7. The van der Waals surface area contributed by atoms with Crippen LogP contribution in [0.15, 0.2) is 88.9 Å². The molecule has 12 heteroatoms. The summed E-state index contributed by atoms with van der Waals surface area (Å²) in [4.78, 5) is 30.1. The van der Waals surface area contributed by atoms with E-state index in [0.717, 1.165) is 17.4 Å². The van der Waals surface area contributed by atoms with E-state index < -0.39 is 26.8 Å². The molecule has 0 unspecified atom stereocenters. The van der Waals surface area contributed by atoms with E-state index in [0.29, 0.717) is 28.6 Å². The summed E-state index contributed by atoms with van der Waals surface area (Å²) in [5.41, 5.74) is 3.43. The third-order valence-corrected chi connectivity index (χ3v) is 6.41. The average molecular weight is 545 g/mol. The zero-order valence-electron chi connectivity index (χ0n) is 20.7. The number of halogens is 1. The van der Waals surface area contributed by atoms with E-state index in [1.54, 1.807) is 42.9 Å². The van der Waals surface area contributed by atoms with E-state index in [9.17, 15) is 17.6 Å². The van der Waals surface area contributed by atoms with Gasteiger partial charge in [-0.25, -0.2) is 22.8 Å². The fourth-order valence-corrected chi connectivity index (χ4v) is 4.14. The molecule has 0 saturated carbocycles. The number of pyridine rings is 1. The first-order valence-corrected chi connectivity index (χ1v) is 13.5. The quantitative estimate of drug-likeness (QED) is 0.288. The largest absolute Gasteiger partial charge is 0.427 e. The van der Waals surface area contributed by atoms with Crippen molar-refractivity contribution in [3.8, 4) is 22.6 Å². The Bertz CT molecular complexity index is 1770. The van der Waals surface area contributed by atoms with Crippen molar-refractivity contribution in [1.82, 2.24) is 19.9 Å².